The number of hydrogen-bond acceptors (Lipinski definition) is 7. The monoisotopic (exact) mass is 406 g/mol. The minimum absolute atomic E-state index is 0.206. The number of H-pyrrole nitrogens is 1. The molecule has 2 aliphatic rings. The number of rotatable bonds is 9. The average molecular weight is 406 g/mol. The average Bonchev–Trinajstić information content (AvgIpc) is 3.43. The van der Waals surface area contributed by atoms with E-state index in [1.165, 1.54) is 24.8 Å². The molecule has 0 radical (unpaired) electrons. The minimum Gasteiger partial charge on any atom is -0.370 e. The van der Waals surface area contributed by atoms with Crippen molar-refractivity contribution < 1.29 is 4.79 Å². The Morgan fingerprint density at radius 3 is 2.87 bits per heavy atom. The quantitative estimate of drug-likeness (QED) is 0.403. The lowest BCUT2D eigenvalue weighted by Crippen LogP contribution is -2.35. The van der Waals surface area contributed by atoms with Crippen LogP contribution in [-0.2, 0) is 4.79 Å². The van der Waals surface area contributed by atoms with Crippen molar-refractivity contribution >= 4 is 34.4 Å². The smallest absolute Gasteiger partial charge is 0.229 e. The van der Waals surface area contributed by atoms with Crippen LogP contribution >= 0.6 is 0 Å². The van der Waals surface area contributed by atoms with E-state index in [-0.39, 0.29) is 11.8 Å². The molecule has 2 aromatic heterocycles. The van der Waals surface area contributed by atoms with Crippen LogP contribution in [0.4, 0.5) is 17.5 Å². The van der Waals surface area contributed by atoms with Gasteiger partial charge in [0.15, 0.2) is 0 Å². The molecule has 0 saturated heterocycles. The minimum atomic E-state index is 0.206. The lowest BCUT2D eigenvalue weighted by atomic mass is 9.85. The van der Waals surface area contributed by atoms with Crippen LogP contribution in [0, 0.1) is 5.92 Å². The molecule has 2 heterocycles. The van der Waals surface area contributed by atoms with Crippen molar-refractivity contribution in [1.82, 2.24) is 30.7 Å². The maximum absolute atomic E-state index is 11.9. The Kier molecular flexibility index (Phi) is 5.17. The van der Waals surface area contributed by atoms with Crippen molar-refractivity contribution in [2.24, 2.45) is 5.92 Å². The van der Waals surface area contributed by atoms with Gasteiger partial charge in [0.2, 0.25) is 11.9 Å². The van der Waals surface area contributed by atoms with Crippen LogP contribution in [0.15, 0.2) is 24.4 Å². The number of aromatic amines is 1. The largest absolute Gasteiger partial charge is 0.370 e. The third-order valence-electron chi connectivity index (χ3n) is 5.84. The SMILES string of the molecule is O=C(NCCCNc1nc(Nc2ccc3[nH]nnc3c2)ncc1C1CC1)C1CCC1. The first-order valence-corrected chi connectivity index (χ1v) is 10.7. The first-order valence-electron chi connectivity index (χ1n) is 10.7. The number of nitrogens with zero attached hydrogens (tertiary/aromatic N) is 4. The Labute approximate surface area is 174 Å². The zero-order valence-electron chi connectivity index (χ0n) is 16.8. The van der Waals surface area contributed by atoms with Gasteiger partial charge in [-0.2, -0.15) is 4.98 Å². The normalized spacial score (nSPS) is 16.3. The number of hydrogen-bond donors (Lipinski definition) is 4. The van der Waals surface area contributed by atoms with Crippen molar-refractivity contribution in [3.63, 3.8) is 0 Å². The predicted molar refractivity (Wildman–Crippen MR) is 115 cm³/mol. The molecule has 0 atom stereocenters. The fraction of sp³-hybridized carbons (Fsp3) is 0.476. The molecule has 0 spiro atoms. The second-order valence-electron chi connectivity index (χ2n) is 8.14. The second kappa shape index (κ2) is 8.25. The lowest BCUT2D eigenvalue weighted by molar-refractivity contribution is -0.127. The molecule has 2 aliphatic carbocycles. The molecule has 4 N–H and O–H groups in total. The number of amides is 1. The Morgan fingerprint density at radius 1 is 1.17 bits per heavy atom. The van der Waals surface area contributed by atoms with Gasteiger partial charge in [0, 0.05) is 36.5 Å². The second-order valence-corrected chi connectivity index (χ2v) is 8.14. The molecular formula is C21H26N8O. The topological polar surface area (TPSA) is 121 Å². The molecule has 30 heavy (non-hydrogen) atoms. The number of benzene rings is 1. The molecule has 0 unspecified atom stereocenters. The van der Waals surface area contributed by atoms with Crippen LogP contribution in [0.2, 0.25) is 0 Å². The van der Waals surface area contributed by atoms with Crippen molar-refractivity contribution in [2.45, 2.75) is 44.4 Å². The van der Waals surface area contributed by atoms with Gasteiger partial charge in [0.05, 0.1) is 5.52 Å². The highest BCUT2D eigenvalue weighted by Gasteiger charge is 2.28. The van der Waals surface area contributed by atoms with E-state index >= 15 is 0 Å². The van der Waals surface area contributed by atoms with Crippen LogP contribution in [0.5, 0.6) is 0 Å². The molecule has 0 aliphatic heterocycles. The summed E-state index contributed by atoms with van der Waals surface area (Å²) in [5.74, 6) is 2.42. The molecule has 0 bridgehead atoms. The van der Waals surface area contributed by atoms with E-state index in [1.54, 1.807) is 0 Å². The highest BCUT2D eigenvalue weighted by atomic mass is 16.1. The van der Waals surface area contributed by atoms with Gasteiger partial charge in [0.1, 0.15) is 11.3 Å². The van der Waals surface area contributed by atoms with Gasteiger partial charge >= 0.3 is 0 Å². The summed E-state index contributed by atoms with van der Waals surface area (Å²) in [5.41, 5.74) is 3.71. The standard InChI is InChI=1S/C21H26N8O/c30-20(14-3-1-4-14)23-10-2-9-22-19-16(13-5-6-13)12-24-21(26-19)25-15-7-8-17-18(11-15)28-29-27-17/h7-8,11-14H,1-6,9-10H2,(H,23,30)(H,27,28,29)(H2,22,24,25,26). The molecule has 9 heteroatoms. The van der Waals surface area contributed by atoms with E-state index in [2.05, 4.69) is 36.3 Å². The highest BCUT2D eigenvalue weighted by Crippen LogP contribution is 2.42. The van der Waals surface area contributed by atoms with Crippen LogP contribution in [-0.4, -0.2) is 44.4 Å². The number of aromatic nitrogens is 5. The van der Waals surface area contributed by atoms with Gasteiger partial charge in [-0.05, 0) is 56.2 Å². The van der Waals surface area contributed by atoms with Gasteiger partial charge in [0.25, 0.3) is 0 Å². The van der Waals surface area contributed by atoms with Crippen LogP contribution in [0.3, 0.4) is 0 Å². The summed E-state index contributed by atoms with van der Waals surface area (Å²) in [7, 11) is 0. The molecular weight excluding hydrogens is 380 g/mol. The Balaban J connectivity index is 1.20. The molecule has 1 amide bonds. The fourth-order valence-electron chi connectivity index (χ4n) is 3.66. The van der Waals surface area contributed by atoms with Gasteiger partial charge in [-0.3, -0.25) is 9.89 Å². The number of nitrogens with one attached hydrogen (secondary N) is 4. The van der Waals surface area contributed by atoms with Gasteiger partial charge in [-0.15, -0.1) is 5.10 Å². The van der Waals surface area contributed by atoms with E-state index in [9.17, 15) is 4.79 Å². The molecule has 2 fully saturated rings. The van der Waals surface area contributed by atoms with Crippen molar-refractivity contribution in [3.05, 3.63) is 30.0 Å². The van der Waals surface area contributed by atoms with Gasteiger partial charge in [-0.1, -0.05) is 11.6 Å². The zero-order valence-corrected chi connectivity index (χ0v) is 16.8. The Hall–Kier alpha value is -3.23. The lowest BCUT2D eigenvalue weighted by Gasteiger charge is -2.24. The maximum Gasteiger partial charge on any atom is 0.229 e. The first kappa shape index (κ1) is 18.8. The molecule has 156 valence electrons. The third-order valence-corrected chi connectivity index (χ3v) is 5.84. The number of carbonyl (C=O) groups is 1. The molecule has 2 saturated carbocycles. The number of fused-ring (bicyclic) bond motifs is 1. The summed E-state index contributed by atoms with van der Waals surface area (Å²) in [6, 6.07) is 5.78. The Bertz CT molecular complexity index is 1040. The summed E-state index contributed by atoms with van der Waals surface area (Å²) in [6.45, 7) is 1.45. The summed E-state index contributed by atoms with van der Waals surface area (Å²) in [5, 5.41) is 20.4. The molecule has 1 aromatic carbocycles. The van der Waals surface area contributed by atoms with E-state index < -0.39 is 0 Å². The summed E-state index contributed by atoms with van der Waals surface area (Å²) >= 11 is 0. The zero-order chi connectivity index (χ0) is 20.3. The third kappa shape index (κ3) is 4.19. The van der Waals surface area contributed by atoms with Gasteiger partial charge in [-0.25, -0.2) is 4.98 Å². The molecule has 5 rings (SSSR count). The van der Waals surface area contributed by atoms with E-state index in [1.807, 2.05) is 24.4 Å². The van der Waals surface area contributed by atoms with Crippen LogP contribution in [0.1, 0.15) is 50.0 Å². The number of anilines is 3. The van der Waals surface area contributed by atoms with Crippen molar-refractivity contribution in [2.75, 3.05) is 23.7 Å². The van der Waals surface area contributed by atoms with E-state index in [0.29, 0.717) is 18.4 Å². The summed E-state index contributed by atoms with van der Waals surface area (Å²) in [6.07, 6.45) is 8.40. The maximum atomic E-state index is 11.9. The highest BCUT2D eigenvalue weighted by molar-refractivity contribution is 5.79. The van der Waals surface area contributed by atoms with Crippen LogP contribution < -0.4 is 16.0 Å². The van der Waals surface area contributed by atoms with E-state index in [4.69, 9.17) is 4.98 Å². The van der Waals surface area contributed by atoms with Crippen molar-refractivity contribution in [1.29, 1.82) is 0 Å². The Morgan fingerprint density at radius 2 is 2.07 bits per heavy atom. The van der Waals surface area contributed by atoms with Gasteiger partial charge < -0.3 is 16.0 Å². The predicted octanol–water partition coefficient (Wildman–Crippen LogP) is 3.09. The van der Waals surface area contributed by atoms with Crippen LogP contribution in [0.25, 0.3) is 11.0 Å². The summed E-state index contributed by atoms with van der Waals surface area (Å²) < 4.78 is 0. The molecule has 9 nitrogen and oxygen atoms in total. The fourth-order valence-corrected chi connectivity index (χ4v) is 3.66. The molecule has 3 aromatic rings. The van der Waals surface area contributed by atoms with Crippen molar-refractivity contribution in [3.8, 4) is 0 Å². The number of carbonyl (C=O) groups excluding carboxylic acids is 1. The van der Waals surface area contributed by atoms with E-state index in [0.717, 1.165) is 48.3 Å². The first-order chi connectivity index (χ1) is 14.8. The summed E-state index contributed by atoms with van der Waals surface area (Å²) in [4.78, 5) is 21.1.